The molecule has 1 atom stereocenters. The third-order valence-corrected chi connectivity index (χ3v) is 1.64. The van der Waals surface area contributed by atoms with Gasteiger partial charge in [-0.3, -0.25) is 0 Å². The molecule has 0 aliphatic rings. The lowest BCUT2D eigenvalue weighted by Gasteiger charge is -2.27. The van der Waals surface area contributed by atoms with E-state index < -0.39 is 24.3 Å². The van der Waals surface area contributed by atoms with Crippen molar-refractivity contribution in [3.8, 4) is 12.3 Å². The van der Waals surface area contributed by atoms with Gasteiger partial charge >= 0.3 is 12.4 Å². The van der Waals surface area contributed by atoms with Crippen molar-refractivity contribution < 1.29 is 26.3 Å². The van der Waals surface area contributed by atoms with Gasteiger partial charge in [0.15, 0.2) is 5.92 Å². The van der Waals surface area contributed by atoms with Gasteiger partial charge in [0.05, 0.1) is 6.04 Å². The van der Waals surface area contributed by atoms with Crippen LogP contribution in [0, 0.1) is 18.3 Å². The van der Waals surface area contributed by atoms with E-state index in [2.05, 4.69) is 6.42 Å². The van der Waals surface area contributed by atoms with Crippen molar-refractivity contribution in [1.29, 1.82) is 0 Å². The Morgan fingerprint density at radius 1 is 1.13 bits per heavy atom. The van der Waals surface area contributed by atoms with Crippen LogP contribution in [0.25, 0.3) is 0 Å². The number of hydrogen-bond acceptors (Lipinski definition) is 1. The summed E-state index contributed by atoms with van der Waals surface area (Å²) in [7, 11) is 0. The molecule has 0 aromatic rings. The Kier molecular flexibility index (Phi) is 4.46. The van der Waals surface area contributed by atoms with Crippen LogP contribution in [-0.2, 0) is 0 Å². The molecule has 15 heavy (non-hydrogen) atoms. The summed E-state index contributed by atoms with van der Waals surface area (Å²) in [4.78, 5) is 0. The van der Waals surface area contributed by atoms with Crippen molar-refractivity contribution in [3.05, 3.63) is 0 Å². The Morgan fingerprint density at radius 2 is 1.53 bits per heavy atom. The van der Waals surface area contributed by atoms with Crippen molar-refractivity contribution >= 4 is 0 Å². The smallest absolute Gasteiger partial charge is 0.303 e. The van der Waals surface area contributed by atoms with Crippen molar-refractivity contribution in [1.82, 2.24) is 5.32 Å². The maximum atomic E-state index is 12.1. The van der Waals surface area contributed by atoms with Crippen LogP contribution in [0.5, 0.6) is 0 Å². The first-order valence-corrected chi connectivity index (χ1v) is 3.97. The van der Waals surface area contributed by atoms with Gasteiger partial charge in [-0.05, 0) is 6.54 Å². The van der Waals surface area contributed by atoms with Crippen LogP contribution in [0.2, 0.25) is 0 Å². The Morgan fingerprint density at radius 3 is 1.73 bits per heavy atom. The molecule has 88 valence electrons. The van der Waals surface area contributed by atoms with Crippen molar-refractivity contribution in [3.63, 3.8) is 0 Å². The van der Waals surface area contributed by atoms with Gasteiger partial charge < -0.3 is 5.32 Å². The molecule has 0 aliphatic carbocycles. The predicted octanol–water partition coefficient (Wildman–Crippen LogP) is 2.34. The van der Waals surface area contributed by atoms with Gasteiger partial charge in [-0.2, -0.15) is 26.3 Å². The third kappa shape index (κ3) is 4.00. The predicted molar refractivity (Wildman–Crippen MR) is 41.9 cm³/mol. The molecule has 0 saturated heterocycles. The molecule has 7 heteroatoms. The van der Waals surface area contributed by atoms with E-state index in [-0.39, 0.29) is 6.54 Å². The number of nitrogens with one attached hydrogen (secondary N) is 1. The highest BCUT2D eigenvalue weighted by Gasteiger charge is 2.59. The Bertz CT molecular complexity index is 221. The largest absolute Gasteiger partial charge is 0.402 e. The molecule has 0 fully saturated rings. The molecule has 0 heterocycles. The van der Waals surface area contributed by atoms with Crippen LogP contribution in [0.15, 0.2) is 0 Å². The molecule has 0 aliphatic heterocycles. The zero-order valence-corrected chi connectivity index (χ0v) is 7.71. The monoisotopic (exact) mass is 233 g/mol. The second-order valence-corrected chi connectivity index (χ2v) is 2.76. The van der Waals surface area contributed by atoms with Crippen LogP contribution in [-0.4, -0.2) is 24.9 Å². The molecule has 0 aromatic carbocycles. The lowest BCUT2D eigenvalue weighted by atomic mass is 9.99. The fraction of sp³-hybridized carbons (Fsp3) is 0.750. The van der Waals surface area contributed by atoms with E-state index >= 15 is 0 Å². The highest BCUT2D eigenvalue weighted by Crippen LogP contribution is 2.41. The fourth-order valence-electron chi connectivity index (χ4n) is 1.06. The van der Waals surface area contributed by atoms with Gasteiger partial charge in [-0.25, -0.2) is 0 Å². The summed E-state index contributed by atoms with van der Waals surface area (Å²) in [6, 6.07) is -2.09. The Hall–Kier alpha value is -0.900. The van der Waals surface area contributed by atoms with E-state index in [1.165, 1.54) is 12.8 Å². The van der Waals surface area contributed by atoms with E-state index in [4.69, 9.17) is 0 Å². The van der Waals surface area contributed by atoms with E-state index in [1.807, 2.05) is 5.32 Å². The summed E-state index contributed by atoms with van der Waals surface area (Å²) < 4.78 is 72.7. The summed E-state index contributed by atoms with van der Waals surface area (Å²) in [5.74, 6) is -2.07. The Balaban J connectivity index is 5.03. The average Bonchev–Trinajstić information content (AvgIpc) is 1.98. The van der Waals surface area contributed by atoms with E-state index in [1.54, 1.807) is 0 Å². The summed E-state index contributed by atoms with van der Waals surface area (Å²) >= 11 is 0. The van der Waals surface area contributed by atoms with Gasteiger partial charge in [0.25, 0.3) is 0 Å². The van der Waals surface area contributed by atoms with Crippen LogP contribution in [0.1, 0.15) is 6.92 Å². The number of halogens is 6. The van der Waals surface area contributed by atoms with Crippen molar-refractivity contribution in [2.45, 2.75) is 25.3 Å². The molecule has 0 rings (SSSR count). The van der Waals surface area contributed by atoms with Gasteiger partial charge in [0.1, 0.15) is 0 Å². The van der Waals surface area contributed by atoms with Crippen LogP contribution < -0.4 is 5.32 Å². The summed E-state index contributed by atoms with van der Waals surface area (Å²) in [5, 5.41) is 1.97. The number of hydrogen-bond donors (Lipinski definition) is 1. The molecule has 0 aromatic heterocycles. The second kappa shape index (κ2) is 4.75. The Labute approximate surface area is 82.8 Å². The summed E-state index contributed by atoms with van der Waals surface area (Å²) in [6.07, 6.45) is -6.17. The SMILES string of the molecule is C#CC(NCC)C(C(F)(F)F)C(F)(F)F. The second-order valence-electron chi connectivity index (χ2n) is 2.76. The van der Waals surface area contributed by atoms with E-state index in [9.17, 15) is 26.3 Å². The number of rotatable bonds is 3. The zero-order valence-electron chi connectivity index (χ0n) is 7.71. The van der Waals surface area contributed by atoms with Crippen LogP contribution in [0.4, 0.5) is 26.3 Å². The molecule has 1 nitrogen and oxygen atoms in total. The standard InChI is InChI=1S/C8H9F6N/c1-3-5(15-4-2)6(7(9,10)11)8(12,13)14/h1,5-6,15H,4H2,2H3. The van der Waals surface area contributed by atoms with Crippen molar-refractivity contribution in [2.24, 2.45) is 5.92 Å². The molecule has 0 spiro atoms. The fourth-order valence-corrected chi connectivity index (χ4v) is 1.06. The average molecular weight is 233 g/mol. The molecule has 0 saturated carbocycles. The van der Waals surface area contributed by atoms with Crippen molar-refractivity contribution in [2.75, 3.05) is 6.54 Å². The minimum absolute atomic E-state index is 0.0719. The highest BCUT2D eigenvalue weighted by molar-refractivity contribution is 5.06. The summed E-state index contributed by atoms with van der Waals surface area (Å²) in [5.41, 5.74) is 0. The zero-order chi connectivity index (χ0) is 12.3. The molecular weight excluding hydrogens is 224 g/mol. The lowest BCUT2D eigenvalue weighted by Crippen LogP contribution is -2.50. The van der Waals surface area contributed by atoms with Gasteiger partial charge in [-0.1, -0.05) is 12.8 Å². The molecular formula is C8H9F6N. The maximum absolute atomic E-state index is 12.1. The lowest BCUT2D eigenvalue weighted by molar-refractivity contribution is -0.287. The molecule has 1 N–H and O–H groups in total. The minimum Gasteiger partial charge on any atom is -0.303 e. The van der Waals surface area contributed by atoms with Crippen LogP contribution in [0.3, 0.4) is 0 Å². The molecule has 0 bridgehead atoms. The first kappa shape index (κ1) is 14.1. The molecule has 0 amide bonds. The first-order chi connectivity index (χ1) is 6.64. The normalized spacial score (nSPS) is 15.1. The maximum Gasteiger partial charge on any atom is 0.402 e. The highest BCUT2D eigenvalue weighted by atomic mass is 19.4. The van der Waals surface area contributed by atoms with E-state index in [0.717, 1.165) is 0 Å². The minimum atomic E-state index is -5.41. The number of terminal acetylenes is 1. The molecule has 0 radical (unpaired) electrons. The van der Waals surface area contributed by atoms with Crippen LogP contribution >= 0.6 is 0 Å². The van der Waals surface area contributed by atoms with Gasteiger partial charge in [0, 0.05) is 0 Å². The molecule has 1 unspecified atom stereocenters. The van der Waals surface area contributed by atoms with E-state index in [0.29, 0.717) is 0 Å². The summed E-state index contributed by atoms with van der Waals surface area (Å²) in [6.45, 7) is 1.30. The third-order valence-electron chi connectivity index (χ3n) is 1.64. The number of alkyl halides is 6. The first-order valence-electron chi connectivity index (χ1n) is 3.97. The quantitative estimate of drug-likeness (QED) is 0.582. The van der Waals surface area contributed by atoms with Gasteiger partial charge in [-0.15, -0.1) is 6.42 Å². The topological polar surface area (TPSA) is 12.0 Å². The van der Waals surface area contributed by atoms with Gasteiger partial charge in [0.2, 0.25) is 0 Å².